The third kappa shape index (κ3) is 7.69. The molecule has 1 aliphatic carbocycles. The summed E-state index contributed by atoms with van der Waals surface area (Å²) in [5, 5.41) is 13.5. The van der Waals surface area contributed by atoms with E-state index in [1.165, 1.54) is 11.6 Å². The van der Waals surface area contributed by atoms with Gasteiger partial charge in [0.15, 0.2) is 5.78 Å². The van der Waals surface area contributed by atoms with Gasteiger partial charge >= 0.3 is 0 Å². The van der Waals surface area contributed by atoms with Gasteiger partial charge in [-0.05, 0) is 83.4 Å². The van der Waals surface area contributed by atoms with Crippen molar-refractivity contribution in [1.82, 2.24) is 34.9 Å². The molecule has 2 fully saturated rings. The van der Waals surface area contributed by atoms with Gasteiger partial charge in [0, 0.05) is 59.2 Å². The van der Waals surface area contributed by atoms with Crippen LogP contribution in [-0.2, 0) is 32.3 Å². The first-order valence-corrected chi connectivity index (χ1v) is 19.7. The van der Waals surface area contributed by atoms with Gasteiger partial charge in [0.2, 0.25) is 17.7 Å². The first-order valence-electron chi connectivity index (χ1n) is 17.8. The Morgan fingerprint density at radius 3 is 2.66 bits per heavy atom. The molecule has 3 aromatic heterocycles. The second-order valence-electron chi connectivity index (χ2n) is 14.8. The molecular weight excluding hydrogens is 760 g/mol. The number of aryl methyl sites for hydroxylation is 1. The molecule has 278 valence electrons. The van der Waals surface area contributed by atoms with Crippen LogP contribution in [-0.4, -0.2) is 89.5 Å². The average molecular weight is 804 g/mol. The van der Waals surface area contributed by atoms with Gasteiger partial charge in [0.25, 0.3) is 0 Å². The predicted octanol–water partition coefficient (Wildman–Crippen LogP) is 4.88. The molecule has 2 N–H and O–H groups in total. The highest BCUT2D eigenvalue weighted by Gasteiger charge is 2.67. The molecule has 53 heavy (non-hydrogen) atoms. The highest BCUT2D eigenvalue weighted by atomic mass is 79.9. The van der Waals surface area contributed by atoms with Crippen molar-refractivity contribution in [2.45, 2.75) is 78.6 Å². The number of fused-ring (bicyclic) bond motifs is 3. The van der Waals surface area contributed by atoms with Crippen LogP contribution in [0.15, 0.2) is 47.3 Å². The van der Waals surface area contributed by atoms with Crippen molar-refractivity contribution in [2.24, 2.45) is 10.8 Å². The molecule has 1 saturated heterocycles. The standard InChI is InChI=1S/C38H43BrN8O5S/c1-22(48)33-27-14-24(26-17-40-23(2)41-18-26)6-8-28(27)46(45-33)19-32(49)47-29-15-38(16-30(38)47)21-42-36(51)37(3,4)10-5-12-53-13-11-52-20-25-7-9-31(39)43-34(25)44-35(29)50/h6-9,13-14,17-18,29-30,53H,5,10-12,15-16,19-21H2,1-4H3,(H,42,51)(H,43,44,50)/t29-,30+,38-/m0/s1. The Bertz CT molecular complexity index is 2140. The maximum atomic E-state index is 14.4. The van der Waals surface area contributed by atoms with Crippen LogP contribution in [0.5, 0.6) is 0 Å². The fourth-order valence-corrected chi connectivity index (χ4v) is 8.48. The number of Topliss-reactive ketones (excluding diaryl/α,β-unsaturated/α-hetero) is 1. The minimum Gasteiger partial charge on any atom is -0.372 e. The van der Waals surface area contributed by atoms with E-state index in [0.29, 0.717) is 58.7 Å². The molecule has 1 saturated carbocycles. The highest BCUT2D eigenvalue weighted by molar-refractivity contribution is 9.10. The number of hydrogen-bond donors (Lipinski definition) is 3. The first kappa shape index (κ1) is 37.0. The number of carbonyl (C=O) groups is 4. The predicted molar refractivity (Wildman–Crippen MR) is 208 cm³/mol. The zero-order valence-corrected chi connectivity index (χ0v) is 32.7. The summed E-state index contributed by atoms with van der Waals surface area (Å²) >= 11 is 4.57. The fraction of sp³-hybridized carbons (Fsp3) is 0.447. The van der Waals surface area contributed by atoms with E-state index in [1.807, 2.05) is 45.0 Å². The number of likely N-dealkylation sites (tertiary alicyclic amines) is 1. The van der Waals surface area contributed by atoms with E-state index >= 15 is 0 Å². The molecule has 0 radical (unpaired) electrons. The van der Waals surface area contributed by atoms with Gasteiger partial charge in [-0.25, -0.2) is 26.3 Å². The van der Waals surface area contributed by atoms with Gasteiger partial charge in [-0.2, -0.15) is 5.10 Å². The van der Waals surface area contributed by atoms with Crippen LogP contribution in [0, 0.1) is 17.8 Å². The summed E-state index contributed by atoms with van der Waals surface area (Å²) in [4.78, 5) is 69.7. The van der Waals surface area contributed by atoms with Crippen molar-refractivity contribution in [2.75, 3.05) is 24.2 Å². The molecule has 1 aromatic carbocycles. The van der Waals surface area contributed by atoms with Crippen molar-refractivity contribution < 1.29 is 23.9 Å². The maximum Gasteiger partial charge on any atom is 0.248 e. The minimum absolute atomic E-state index is 0.0375. The van der Waals surface area contributed by atoms with Crippen LogP contribution < -0.4 is 10.6 Å². The molecule has 0 unspecified atom stereocenters. The molecule has 4 aromatic rings. The number of ketones is 1. The Balaban J connectivity index is 1.20. The van der Waals surface area contributed by atoms with Gasteiger partial charge in [-0.1, -0.05) is 26.0 Å². The fourth-order valence-electron chi connectivity index (χ4n) is 7.44. The maximum absolute atomic E-state index is 14.4. The number of halogens is 1. The molecule has 2 bridgehead atoms. The summed E-state index contributed by atoms with van der Waals surface area (Å²) < 4.78 is 8.01. The monoisotopic (exact) mass is 802 g/mol. The highest BCUT2D eigenvalue weighted by Crippen LogP contribution is 2.59. The number of amides is 3. The van der Waals surface area contributed by atoms with Crippen molar-refractivity contribution in [3.63, 3.8) is 0 Å². The summed E-state index contributed by atoms with van der Waals surface area (Å²) in [5.41, 5.74) is 2.17. The molecule has 1 spiro atoms. The Morgan fingerprint density at radius 2 is 1.89 bits per heavy atom. The summed E-state index contributed by atoms with van der Waals surface area (Å²) in [7, 11) is 0. The topological polar surface area (TPSA) is 161 Å². The van der Waals surface area contributed by atoms with E-state index in [0.717, 1.165) is 41.1 Å². The number of benzene rings is 1. The Labute approximate surface area is 319 Å². The SMILES string of the molecule is CC(=O)c1nn(CC(=O)N2[C@H]3C[C@@]4(CNC(=O)C(C)(C)CCC/[SH]=C/COCc5ccc(Br)nc5NC3=O)C[C@@H]24)c2ccc(-c3cnc(C)nc3)cc12. The van der Waals surface area contributed by atoms with Crippen molar-refractivity contribution in [3.05, 3.63) is 64.4 Å². The molecule has 3 atom stereocenters. The van der Waals surface area contributed by atoms with Gasteiger partial charge in [0.05, 0.1) is 18.7 Å². The number of aromatic nitrogens is 5. The number of ether oxygens (including phenoxy) is 1. The summed E-state index contributed by atoms with van der Waals surface area (Å²) in [6.45, 7) is 8.03. The van der Waals surface area contributed by atoms with Crippen LogP contribution in [0.1, 0.15) is 68.3 Å². The number of rotatable bonds is 4. The number of piperidine rings is 1. The largest absolute Gasteiger partial charge is 0.372 e. The van der Waals surface area contributed by atoms with E-state index in [1.54, 1.807) is 23.4 Å². The summed E-state index contributed by atoms with van der Waals surface area (Å²) in [6, 6.07) is 8.16. The van der Waals surface area contributed by atoms with Crippen LogP contribution in [0.4, 0.5) is 5.82 Å². The average Bonchev–Trinajstić information content (AvgIpc) is 3.54. The lowest BCUT2D eigenvalue weighted by atomic mass is 9.86. The van der Waals surface area contributed by atoms with E-state index in [4.69, 9.17) is 4.74 Å². The number of nitrogens with one attached hydrogen (secondary N) is 2. The lowest BCUT2D eigenvalue weighted by Gasteiger charge is -2.27. The Hall–Kier alpha value is -4.34. The zero-order chi connectivity index (χ0) is 37.5. The molecular formula is C38H43BrN8O5S. The van der Waals surface area contributed by atoms with Gasteiger partial charge in [-0.15, -0.1) is 0 Å². The Morgan fingerprint density at radius 1 is 1.09 bits per heavy atom. The number of thiol groups is 1. The third-order valence-corrected chi connectivity index (χ3v) is 12.0. The molecule has 2 aliphatic heterocycles. The number of anilines is 1. The lowest BCUT2D eigenvalue weighted by molar-refractivity contribution is -0.138. The lowest BCUT2D eigenvalue weighted by Crippen LogP contribution is -2.47. The van der Waals surface area contributed by atoms with E-state index in [-0.39, 0.29) is 48.4 Å². The van der Waals surface area contributed by atoms with Crippen molar-refractivity contribution in [3.8, 4) is 11.1 Å². The van der Waals surface area contributed by atoms with E-state index in [2.05, 4.69) is 52.0 Å². The smallest absolute Gasteiger partial charge is 0.248 e. The second kappa shape index (κ2) is 14.8. The normalized spacial score (nSPS) is 24.1. The molecule has 15 heteroatoms. The number of nitrogens with zero attached hydrogens (tertiary/aromatic N) is 6. The third-order valence-electron chi connectivity index (χ3n) is 10.6. The van der Waals surface area contributed by atoms with E-state index < -0.39 is 16.9 Å². The van der Waals surface area contributed by atoms with Crippen molar-refractivity contribution in [1.29, 1.82) is 0 Å². The number of carbonyl (C=O) groups excluding carboxylic acids is 4. The molecule has 13 nitrogen and oxygen atoms in total. The van der Waals surface area contributed by atoms with Crippen LogP contribution in [0.3, 0.4) is 0 Å². The van der Waals surface area contributed by atoms with Crippen LogP contribution in [0.25, 0.3) is 22.0 Å². The number of pyridine rings is 1. The first-order chi connectivity index (χ1) is 25.3. The Kier molecular flexibility index (Phi) is 10.3. The van der Waals surface area contributed by atoms with Gasteiger partial charge in [-0.3, -0.25) is 23.9 Å². The minimum atomic E-state index is -0.822. The summed E-state index contributed by atoms with van der Waals surface area (Å²) in [6.07, 6.45) is 6.12. The molecule has 3 amide bonds. The number of hydrogen-bond acceptors (Lipinski definition) is 9. The van der Waals surface area contributed by atoms with Crippen LogP contribution >= 0.6 is 27.3 Å². The quantitative estimate of drug-likeness (QED) is 0.113. The van der Waals surface area contributed by atoms with E-state index in [9.17, 15) is 19.2 Å². The molecule has 3 aliphatic rings. The van der Waals surface area contributed by atoms with Crippen molar-refractivity contribution >= 4 is 72.9 Å². The van der Waals surface area contributed by atoms with Gasteiger partial charge < -0.3 is 20.3 Å². The molecule has 5 heterocycles. The summed E-state index contributed by atoms with van der Waals surface area (Å²) in [5.74, 6) is 0.985. The van der Waals surface area contributed by atoms with Gasteiger partial charge in [0.1, 0.15) is 34.5 Å². The molecule has 7 rings (SSSR count). The van der Waals surface area contributed by atoms with Crippen LogP contribution in [0.2, 0.25) is 0 Å². The zero-order valence-electron chi connectivity index (χ0n) is 30.2. The second-order valence-corrected chi connectivity index (χ2v) is 16.8.